The van der Waals surface area contributed by atoms with Crippen LogP contribution in [0.1, 0.15) is 11.1 Å². The number of oxime groups is 1. The maximum Gasteiger partial charge on any atom is 0.121 e. The van der Waals surface area contributed by atoms with Crippen LogP contribution in [0.3, 0.4) is 0 Å². The molecule has 2 rings (SSSR count). The van der Waals surface area contributed by atoms with Gasteiger partial charge in [0.25, 0.3) is 0 Å². The minimum absolute atomic E-state index is 0.376. The maximum atomic E-state index is 9.16. The van der Waals surface area contributed by atoms with Crippen LogP contribution in [0.25, 0.3) is 0 Å². The molecule has 2 aromatic carbocycles. The molecule has 17 heavy (non-hydrogen) atoms. The molecular formula is C13H13N3O. The smallest absolute Gasteiger partial charge is 0.121 e. The Bertz CT molecular complexity index is 517. The second-order valence-corrected chi connectivity index (χ2v) is 3.62. The Morgan fingerprint density at radius 2 is 1.24 bits per heavy atom. The molecule has 0 saturated heterocycles. The molecule has 4 nitrogen and oxygen atoms in total. The van der Waals surface area contributed by atoms with Crippen LogP contribution < -0.4 is 11.5 Å². The van der Waals surface area contributed by atoms with E-state index in [9.17, 15) is 0 Å². The number of hydrogen-bond acceptors (Lipinski definition) is 4. The van der Waals surface area contributed by atoms with Gasteiger partial charge in [-0.2, -0.15) is 0 Å². The van der Waals surface area contributed by atoms with Crippen LogP contribution in [-0.4, -0.2) is 10.9 Å². The summed E-state index contributed by atoms with van der Waals surface area (Å²) >= 11 is 0. The fourth-order valence-electron chi connectivity index (χ4n) is 1.68. The SMILES string of the molecule is Nc1ccccc1C(=NO)c1ccccc1N. The lowest BCUT2D eigenvalue weighted by atomic mass is 9.99. The molecule has 0 aliphatic heterocycles. The molecule has 0 bridgehead atoms. The zero-order chi connectivity index (χ0) is 12.3. The Morgan fingerprint density at radius 1 is 0.824 bits per heavy atom. The van der Waals surface area contributed by atoms with E-state index in [1.54, 1.807) is 24.3 Å². The molecule has 0 aromatic heterocycles. The number of nitrogens with two attached hydrogens (primary N) is 2. The molecule has 86 valence electrons. The van der Waals surface area contributed by atoms with Gasteiger partial charge in [0.15, 0.2) is 0 Å². The lowest BCUT2D eigenvalue weighted by molar-refractivity contribution is 0.319. The average Bonchev–Trinajstić information content (AvgIpc) is 2.34. The Kier molecular flexibility index (Phi) is 2.96. The highest BCUT2D eigenvalue weighted by Crippen LogP contribution is 2.20. The fraction of sp³-hybridized carbons (Fsp3) is 0. The van der Waals surface area contributed by atoms with E-state index < -0.39 is 0 Å². The summed E-state index contributed by atoms with van der Waals surface area (Å²) in [6.45, 7) is 0. The third-order valence-electron chi connectivity index (χ3n) is 2.53. The highest BCUT2D eigenvalue weighted by Gasteiger charge is 2.12. The predicted octanol–water partition coefficient (Wildman–Crippen LogP) is 2.08. The first-order valence-corrected chi connectivity index (χ1v) is 5.16. The molecule has 0 heterocycles. The average molecular weight is 227 g/mol. The van der Waals surface area contributed by atoms with Crippen molar-refractivity contribution in [2.45, 2.75) is 0 Å². The van der Waals surface area contributed by atoms with Crippen LogP contribution in [0.4, 0.5) is 11.4 Å². The molecule has 4 heteroatoms. The third kappa shape index (κ3) is 2.06. The molecule has 0 spiro atoms. The number of benzene rings is 2. The van der Waals surface area contributed by atoms with Crippen molar-refractivity contribution in [2.75, 3.05) is 11.5 Å². The quantitative estimate of drug-likeness (QED) is 0.318. The first-order valence-electron chi connectivity index (χ1n) is 5.16. The second kappa shape index (κ2) is 4.57. The van der Waals surface area contributed by atoms with Crippen molar-refractivity contribution in [1.29, 1.82) is 0 Å². The van der Waals surface area contributed by atoms with Crippen LogP contribution in [0.5, 0.6) is 0 Å². The topological polar surface area (TPSA) is 84.6 Å². The molecule has 0 aliphatic rings. The monoisotopic (exact) mass is 227 g/mol. The summed E-state index contributed by atoms with van der Waals surface area (Å²) in [5, 5.41) is 12.5. The normalized spacial score (nSPS) is 9.88. The summed E-state index contributed by atoms with van der Waals surface area (Å²) in [6, 6.07) is 14.4. The lowest BCUT2D eigenvalue weighted by Gasteiger charge is -2.09. The van der Waals surface area contributed by atoms with Gasteiger partial charge in [0.1, 0.15) is 5.71 Å². The minimum atomic E-state index is 0.376. The summed E-state index contributed by atoms with van der Waals surface area (Å²) in [5.41, 5.74) is 14.5. The number of hydrogen-bond donors (Lipinski definition) is 3. The van der Waals surface area contributed by atoms with Crippen molar-refractivity contribution in [2.24, 2.45) is 5.16 Å². The van der Waals surface area contributed by atoms with E-state index in [0.717, 1.165) is 0 Å². The van der Waals surface area contributed by atoms with Crippen molar-refractivity contribution < 1.29 is 5.21 Å². The standard InChI is InChI=1S/C13H13N3O/c14-11-7-3-1-5-9(11)13(16-17)10-6-2-4-8-12(10)15/h1-8,17H,14-15H2. The number of nitrogen functional groups attached to an aromatic ring is 2. The molecular weight excluding hydrogens is 214 g/mol. The van der Waals surface area contributed by atoms with E-state index >= 15 is 0 Å². The van der Waals surface area contributed by atoms with Gasteiger partial charge in [0.05, 0.1) is 0 Å². The van der Waals surface area contributed by atoms with Crippen molar-refractivity contribution in [3.63, 3.8) is 0 Å². The molecule has 0 unspecified atom stereocenters. The van der Waals surface area contributed by atoms with Crippen molar-refractivity contribution >= 4 is 17.1 Å². The van der Waals surface area contributed by atoms with Crippen molar-refractivity contribution in [1.82, 2.24) is 0 Å². The highest BCUT2D eigenvalue weighted by atomic mass is 16.4. The van der Waals surface area contributed by atoms with Gasteiger partial charge in [-0.1, -0.05) is 41.6 Å². The molecule has 0 fully saturated rings. The molecule has 0 radical (unpaired) electrons. The highest BCUT2D eigenvalue weighted by molar-refractivity contribution is 6.17. The van der Waals surface area contributed by atoms with E-state index in [1.807, 2.05) is 24.3 Å². The summed E-state index contributed by atoms with van der Waals surface area (Å²) < 4.78 is 0. The van der Waals surface area contributed by atoms with E-state index in [2.05, 4.69) is 5.16 Å². The van der Waals surface area contributed by atoms with Crippen molar-refractivity contribution in [3.05, 3.63) is 59.7 Å². The zero-order valence-corrected chi connectivity index (χ0v) is 9.17. The molecule has 0 saturated carbocycles. The lowest BCUT2D eigenvalue weighted by Crippen LogP contribution is -2.09. The largest absolute Gasteiger partial charge is 0.410 e. The molecule has 0 aliphatic carbocycles. The van der Waals surface area contributed by atoms with E-state index in [-0.39, 0.29) is 0 Å². The Morgan fingerprint density at radius 3 is 1.59 bits per heavy atom. The zero-order valence-electron chi connectivity index (χ0n) is 9.17. The first kappa shape index (κ1) is 11.0. The van der Waals surface area contributed by atoms with Gasteiger partial charge in [-0.3, -0.25) is 0 Å². The van der Waals surface area contributed by atoms with Gasteiger partial charge in [-0.25, -0.2) is 0 Å². The van der Waals surface area contributed by atoms with Gasteiger partial charge < -0.3 is 16.7 Å². The first-order chi connectivity index (χ1) is 8.24. The summed E-state index contributed by atoms with van der Waals surface area (Å²) in [4.78, 5) is 0. The second-order valence-electron chi connectivity index (χ2n) is 3.62. The van der Waals surface area contributed by atoms with Gasteiger partial charge in [0, 0.05) is 22.5 Å². The Balaban J connectivity index is 2.57. The number of para-hydroxylation sites is 2. The molecule has 0 atom stereocenters. The number of anilines is 2. The van der Waals surface area contributed by atoms with Crippen LogP contribution in [-0.2, 0) is 0 Å². The van der Waals surface area contributed by atoms with Crippen LogP contribution in [0.2, 0.25) is 0 Å². The summed E-state index contributed by atoms with van der Waals surface area (Å²) in [5.74, 6) is 0. The summed E-state index contributed by atoms with van der Waals surface area (Å²) in [7, 11) is 0. The number of nitrogens with zero attached hydrogens (tertiary/aromatic N) is 1. The molecule has 2 aromatic rings. The van der Waals surface area contributed by atoms with E-state index in [1.165, 1.54) is 0 Å². The predicted molar refractivity (Wildman–Crippen MR) is 69.1 cm³/mol. The van der Waals surface area contributed by atoms with E-state index in [4.69, 9.17) is 16.7 Å². The molecule has 0 amide bonds. The van der Waals surface area contributed by atoms with Gasteiger partial charge in [0.2, 0.25) is 0 Å². The van der Waals surface area contributed by atoms with E-state index in [0.29, 0.717) is 28.2 Å². The maximum absolute atomic E-state index is 9.16. The molecule has 5 N–H and O–H groups in total. The summed E-state index contributed by atoms with van der Waals surface area (Å²) in [6.07, 6.45) is 0. The van der Waals surface area contributed by atoms with Gasteiger partial charge in [-0.05, 0) is 12.1 Å². The van der Waals surface area contributed by atoms with Gasteiger partial charge in [-0.15, -0.1) is 0 Å². The number of rotatable bonds is 2. The van der Waals surface area contributed by atoms with Crippen LogP contribution >= 0.6 is 0 Å². The third-order valence-corrected chi connectivity index (χ3v) is 2.53. The Labute approximate surface area is 99.2 Å². The van der Waals surface area contributed by atoms with Crippen molar-refractivity contribution in [3.8, 4) is 0 Å². The Hall–Kier alpha value is -2.49. The van der Waals surface area contributed by atoms with Crippen LogP contribution in [0.15, 0.2) is 53.7 Å². The fourth-order valence-corrected chi connectivity index (χ4v) is 1.68. The van der Waals surface area contributed by atoms with Crippen LogP contribution in [0, 0.1) is 0 Å². The minimum Gasteiger partial charge on any atom is -0.410 e. The van der Waals surface area contributed by atoms with Gasteiger partial charge >= 0.3 is 0 Å².